The quantitative estimate of drug-likeness (QED) is 0.156. The molecule has 0 aliphatic heterocycles. The number of halogens is 2. The highest BCUT2D eigenvalue weighted by Crippen LogP contribution is 2.40. The topological polar surface area (TPSA) is 104 Å². The predicted octanol–water partition coefficient (Wildman–Crippen LogP) is 14.8. The second-order valence-electron chi connectivity index (χ2n) is 15.4. The lowest BCUT2D eigenvalue weighted by Gasteiger charge is -2.08. The summed E-state index contributed by atoms with van der Waals surface area (Å²) in [5.74, 6) is 1.94. The molecule has 0 amide bonds. The molecule has 12 rings (SSSR count). The fraction of sp³-hybridized carbons (Fsp3) is 0. The van der Waals surface area contributed by atoms with Gasteiger partial charge in [0.2, 0.25) is 10.6 Å². The summed E-state index contributed by atoms with van der Waals surface area (Å²) in [7, 11) is 0. The van der Waals surface area contributed by atoms with Crippen LogP contribution >= 0.6 is 23.2 Å². The maximum Gasteiger partial charge on any atom is 0.226 e. The van der Waals surface area contributed by atoms with Crippen LogP contribution in [0.25, 0.3) is 123 Å². The minimum Gasteiger partial charge on any atom is -0.456 e. The third kappa shape index (κ3) is 6.73. The standard InChI is InChI=1S/C54H30Cl2N6O2/c55-53-59-49(35-11-5-2-6-12-35)57-51(61-53)38-26-27-40-41-14-7-13-39(48(41)64-45(40)30-38)34-21-17-32(18-22-34)33-19-23-36(24-20-33)50-58-52(62-54(56)60-50)43-15-8-16-44-47(43)42-28-25-37(29-46(42)63-44)31-9-3-1-4-10-31/h1-30H. The number of furan rings is 2. The van der Waals surface area contributed by atoms with Crippen molar-refractivity contribution in [2.24, 2.45) is 0 Å². The molecule has 4 heterocycles. The molecule has 0 spiro atoms. The Morgan fingerprint density at radius 3 is 1.50 bits per heavy atom. The van der Waals surface area contributed by atoms with E-state index in [0.29, 0.717) is 23.3 Å². The Balaban J connectivity index is 0.824. The summed E-state index contributed by atoms with van der Waals surface area (Å²) in [6.07, 6.45) is 0. The summed E-state index contributed by atoms with van der Waals surface area (Å²) in [5, 5.41) is 4.16. The van der Waals surface area contributed by atoms with Crippen LogP contribution in [0.3, 0.4) is 0 Å². The van der Waals surface area contributed by atoms with Gasteiger partial charge in [-0.1, -0.05) is 152 Å². The highest BCUT2D eigenvalue weighted by molar-refractivity contribution is 6.28. The molecule has 8 aromatic carbocycles. The molecule has 0 saturated heterocycles. The van der Waals surface area contributed by atoms with Crippen molar-refractivity contribution in [1.29, 1.82) is 0 Å². The molecule has 0 N–H and O–H groups in total. The molecule has 64 heavy (non-hydrogen) atoms. The van der Waals surface area contributed by atoms with Crippen LogP contribution in [0.1, 0.15) is 0 Å². The van der Waals surface area contributed by atoms with Crippen LogP contribution in [0.4, 0.5) is 0 Å². The average Bonchev–Trinajstić information content (AvgIpc) is 3.92. The normalized spacial score (nSPS) is 11.6. The maximum atomic E-state index is 6.59. The summed E-state index contributed by atoms with van der Waals surface area (Å²) >= 11 is 13.0. The summed E-state index contributed by atoms with van der Waals surface area (Å²) in [4.78, 5) is 27.6. The first-order chi connectivity index (χ1) is 31.5. The van der Waals surface area contributed by atoms with Crippen molar-refractivity contribution in [3.63, 3.8) is 0 Å². The third-order valence-electron chi connectivity index (χ3n) is 11.5. The molecule has 0 unspecified atom stereocenters. The monoisotopic (exact) mass is 864 g/mol. The van der Waals surface area contributed by atoms with Crippen molar-refractivity contribution < 1.29 is 8.83 Å². The predicted molar refractivity (Wildman–Crippen MR) is 256 cm³/mol. The molecule has 0 aliphatic carbocycles. The van der Waals surface area contributed by atoms with Gasteiger partial charge >= 0.3 is 0 Å². The largest absolute Gasteiger partial charge is 0.456 e. The van der Waals surface area contributed by atoms with Gasteiger partial charge in [0.25, 0.3) is 0 Å². The minimum atomic E-state index is 0.112. The molecule has 12 aromatic rings. The van der Waals surface area contributed by atoms with Crippen LogP contribution in [-0.4, -0.2) is 29.9 Å². The van der Waals surface area contributed by atoms with Crippen LogP contribution in [0.5, 0.6) is 0 Å². The van der Waals surface area contributed by atoms with Crippen molar-refractivity contribution in [2.45, 2.75) is 0 Å². The second-order valence-corrected chi connectivity index (χ2v) is 16.1. The van der Waals surface area contributed by atoms with Crippen molar-refractivity contribution in [2.75, 3.05) is 0 Å². The summed E-state index contributed by atoms with van der Waals surface area (Å²) in [6.45, 7) is 0. The second kappa shape index (κ2) is 15.4. The number of hydrogen-bond acceptors (Lipinski definition) is 8. The SMILES string of the molecule is Clc1nc(-c2ccccc2)nc(-c2ccc3c(c2)oc2c(-c4ccc(-c5ccc(-c6nc(Cl)nc(-c7cccc8oc9cc(-c%10ccccc%10)ccc9c78)n6)cc5)cc4)cccc23)n1. The van der Waals surface area contributed by atoms with Gasteiger partial charge in [0.15, 0.2) is 23.3 Å². The van der Waals surface area contributed by atoms with Crippen molar-refractivity contribution >= 4 is 67.1 Å². The molecule has 10 heteroatoms. The van der Waals surface area contributed by atoms with Gasteiger partial charge in [-0.05, 0) is 81.4 Å². The molecule has 0 aliphatic rings. The van der Waals surface area contributed by atoms with Gasteiger partial charge in [-0.3, -0.25) is 0 Å². The van der Waals surface area contributed by atoms with E-state index < -0.39 is 0 Å². The number of nitrogens with zero attached hydrogens (tertiary/aromatic N) is 6. The van der Waals surface area contributed by atoms with Gasteiger partial charge in [0, 0.05) is 49.4 Å². The van der Waals surface area contributed by atoms with Crippen LogP contribution in [0.15, 0.2) is 191 Å². The van der Waals surface area contributed by atoms with Gasteiger partial charge in [0.1, 0.15) is 22.3 Å². The molecule has 8 nitrogen and oxygen atoms in total. The van der Waals surface area contributed by atoms with Gasteiger partial charge in [0.05, 0.1) is 0 Å². The first kappa shape index (κ1) is 37.7. The smallest absolute Gasteiger partial charge is 0.226 e. The molecule has 4 aromatic heterocycles. The van der Waals surface area contributed by atoms with Crippen LogP contribution in [-0.2, 0) is 0 Å². The zero-order valence-corrected chi connectivity index (χ0v) is 35.1. The van der Waals surface area contributed by atoms with E-state index in [0.717, 1.165) is 99.5 Å². The molecule has 0 atom stereocenters. The summed E-state index contributed by atoms with van der Waals surface area (Å²) < 4.78 is 12.9. The highest BCUT2D eigenvalue weighted by atomic mass is 35.5. The molecule has 0 saturated carbocycles. The molecule has 302 valence electrons. The Morgan fingerprint density at radius 1 is 0.297 bits per heavy atom. The Labute approximate surface area is 375 Å². The molecule has 0 bridgehead atoms. The Morgan fingerprint density at radius 2 is 0.781 bits per heavy atom. The maximum absolute atomic E-state index is 6.59. The van der Waals surface area contributed by atoms with E-state index in [1.165, 1.54) is 0 Å². The van der Waals surface area contributed by atoms with Crippen molar-refractivity contribution in [3.8, 4) is 78.9 Å². The number of para-hydroxylation sites is 1. The molecule has 0 fully saturated rings. The lowest BCUT2D eigenvalue weighted by Crippen LogP contribution is -1.97. The number of aromatic nitrogens is 6. The van der Waals surface area contributed by atoms with E-state index in [1.807, 2.05) is 97.1 Å². The lowest BCUT2D eigenvalue weighted by molar-refractivity contribution is 0.669. The van der Waals surface area contributed by atoms with E-state index >= 15 is 0 Å². The molecular weight excluding hydrogens is 836 g/mol. The van der Waals surface area contributed by atoms with Gasteiger partial charge in [-0.15, -0.1) is 0 Å². The highest BCUT2D eigenvalue weighted by Gasteiger charge is 2.19. The minimum absolute atomic E-state index is 0.112. The fourth-order valence-electron chi connectivity index (χ4n) is 8.44. The van der Waals surface area contributed by atoms with Crippen LogP contribution < -0.4 is 0 Å². The van der Waals surface area contributed by atoms with E-state index in [9.17, 15) is 0 Å². The Kier molecular flexibility index (Phi) is 9.07. The van der Waals surface area contributed by atoms with E-state index in [-0.39, 0.29) is 10.6 Å². The summed E-state index contributed by atoms with van der Waals surface area (Å²) in [6, 6.07) is 61.0. The Hall–Kier alpha value is -8.04. The average molecular weight is 866 g/mol. The number of benzene rings is 8. The number of fused-ring (bicyclic) bond motifs is 6. The van der Waals surface area contributed by atoms with Gasteiger partial charge < -0.3 is 8.83 Å². The zero-order valence-electron chi connectivity index (χ0n) is 33.6. The molecule has 0 radical (unpaired) electrons. The van der Waals surface area contributed by atoms with E-state index in [1.54, 1.807) is 0 Å². The number of hydrogen-bond donors (Lipinski definition) is 0. The number of rotatable bonds is 7. The summed E-state index contributed by atoms with van der Waals surface area (Å²) in [5.41, 5.74) is 12.7. The van der Waals surface area contributed by atoms with Crippen LogP contribution in [0.2, 0.25) is 10.6 Å². The van der Waals surface area contributed by atoms with Crippen molar-refractivity contribution in [3.05, 3.63) is 193 Å². The lowest BCUT2D eigenvalue weighted by atomic mass is 9.98. The first-order valence-electron chi connectivity index (χ1n) is 20.6. The molecular formula is C54H30Cl2N6O2. The Bertz CT molecular complexity index is 3740. The first-order valence-corrected chi connectivity index (χ1v) is 21.3. The fourth-order valence-corrected chi connectivity index (χ4v) is 8.76. The van der Waals surface area contributed by atoms with E-state index in [4.69, 9.17) is 42.0 Å². The van der Waals surface area contributed by atoms with Gasteiger partial charge in [-0.25, -0.2) is 9.97 Å². The third-order valence-corrected chi connectivity index (χ3v) is 11.9. The van der Waals surface area contributed by atoms with E-state index in [2.05, 4.69) is 105 Å². The van der Waals surface area contributed by atoms with Crippen molar-refractivity contribution in [1.82, 2.24) is 29.9 Å². The van der Waals surface area contributed by atoms with Crippen LogP contribution in [0, 0.1) is 0 Å². The zero-order chi connectivity index (χ0) is 42.7. The van der Waals surface area contributed by atoms with Gasteiger partial charge in [-0.2, -0.15) is 19.9 Å².